The lowest BCUT2D eigenvalue weighted by Crippen LogP contribution is -2.26. The van der Waals surface area contributed by atoms with Crippen LogP contribution in [-0.4, -0.2) is 13.2 Å². The van der Waals surface area contributed by atoms with Gasteiger partial charge in [-0.05, 0) is 61.9 Å². The van der Waals surface area contributed by atoms with E-state index >= 15 is 0 Å². The maximum Gasteiger partial charge on any atom is 0.122 e. The van der Waals surface area contributed by atoms with Crippen LogP contribution in [0.25, 0.3) is 0 Å². The minimum absolute atomic E-state index is 0.0985. The summed E-state index contributed by atoms with van der Waals surface area (Å²) in [5, 5.41) is 0. The molecule has 1 atom stereocenters. The Hall–Kier alpha value is -1.80. The van der Waals surface area contributed by atoms with E-state index in [1.165, 1.54) is 27.8 Å². The molecular formula is C19H25NO. The van der Waals surface area contributed by atoms with E-state index in [1.54, 1.807) is 7.11 Å². The molecule has 0 bridgehead atoms. The molecule has 2 N–H and O–H groups in total. The summed E-state index contributed by atoms with van der Waals surface area (Å²) in [6.45, 7) is 6.48. The summed E-state index contributed by atoms with van der Waals surface area (Å²) >= 11 is 0. The summed E-state index contributed by atoms with van der Waals surface area (Å²) in [6, 6.07) is 12.7. The van der Waals surface area contributed by atoms with Gasteiger partial charge < -0.3 is 10.5 Å². The molecule has 0 fully saturated rings. The van der Waals surface area contributed by atoms with Gasteiger partial charge in [0.2, 0.25) is 0 Å². The topological polar surface area (TPSA) is 35.2 Å². The fourth-order valence-corrected chi connectivity index (χ4v) is 3.02. The van der Waals surface area contributed by atoms with Gasteiger partial charge in [0.15, 0.2) is 0 Å². The first-order valence-electron chi connectivity index (χ1n) is 7.45. The van der Waals surface area contributed by atoms with Crippen molar-refractivity contribution in [2.24, 2.45) is 5.73 Å². The Labute approximate surface area is 127 Å². The number of para-hydroxylation sites is 1. The molecule has 0 aliphatic heterocycles. The molecule has 0 saturated carbocycles. The fourth-order valence-electron chi connectivity index (χ4n) is 3.02. The van der Waals surface area contributed by atoms with Crippen LogP contribution in [0.4, 0.5) is 0 Å². The number of ether oxygens (including phenoxy) is 1. The van der Waals surface area contributed by atoms with Crippen molar-refractivity contribution in [2.45, 2.75) is 39.7 Å². The summed E-state index contributed by atoms with van der Waals surface area (Å²) < 4.78 is 5.40. The second-order valence-corrected chi connectivity index (χ2v) is 5.86. The van der Waals surface area contributed by atoms with Crippen LogP contribution < -0.4 is 10.5 Å². The molecule has 2 heteroatoms. The fraction of sp³-hybridized carbons (Fsp3) is 0.368. The van der Waals surface area contributed by atoms with E-state index in [1.807, 2.05) is 18.2 Å². The third kappa shape index (κ3) is 3.85. The molecule has 0 aliphatic rings. The lowest BCUT2D eigenvalue weighted by molar-refractivity contribution is 0.407. The summed E-state index contributed by atoms with van der Waals surface area (Å²) in [4.78, 5) is 0. The predicted octanol–water partition coefficient (Wildman–Crippen LogP) is 3.73. The van der Waals surface area contributed by atoms with Gasteiger partial charge in [-0.25, -0.2) is 0 Å². The zero-order valence-electron chi connectivity index (χ0n) is 13.4. The van der Waals surface area contributed by atoms with Crippen LogP contribution in [-0.2, 0) is 12.8 Å². The number of aryl methyl sites for hydroxylation is 3. The highest BCUT2D eigenvalue weighted by atomic mass is 16.5. The molecule has 21 heavy (non-hydrogen) atoms. The average molecular weight is 283 g/mol. The van der Waals surface area contributed by atoms with Crippen molar-refractivity contribution in [3.8, 4) is 5.75 Å². The summed E-state index contributed by atoms with van der Waals surface area (Å²) in [6.07, 6.45) is 1.73. The lowest BCUT2D eigenvalue weighted by Gasteiger charge is -2.17. The Morgan fingerprint density at radius 1 is 1.00 bits per heavy atom. The zero-order valence-corrected chi connectivity index (χ0v) is 13.4. The van der Waals surface area contributed by atoms with Gasteiger partial charge in [-0.1, -0.05) is 35.9 Å². The number of methoxy groups -OCH3 is 1. The molecule has 2 aromatic carbocycles. The van der Waals surface area contributed by atoms with Crippen molar-refractivity contribution in [2.75, 3.05) is 7.11 Å². The van der Waals surface area contributed by atoms with Crippen LogP contribution in [0.2, 0.25) is 0 Å². The first-order valence-corrected chi connectivity index (χ1v) is 7.45. The van der Waals surface area contributed by atoms with Crippen molar-refractivity contribution in [1.29, 1.82) is 0 Å². The Morgan fingerprint density at radius 3 is 2.24 bits per heavy atom. The summed E-state index contributed by atoms with van der Waals surface area (Å²) in [5.74, 6) is 0.922. The Morgan fingerprint density at radius 2 is 1.62 bits per heavy atom. The first-order chi connectivity index (χ1) is 10.0. The predicted molar refractivity (Wildman–Crippen MR) is 89.0 cm³/mol. The molecule has 1 unspecified atom stereocenters. The van der Waals surface area contributed by atoms with Crippen LogP contribution in [0.3, 0.4) is 0 Å². The van der Waals surface area contributed by atoms with Crippen molar-refractivity contribution in [3.05, 3.63) is 64.2 Å². The molecule has 2 aromatic rings. The first kappa shape index (κ1) is 15.6. The van der Waals surface area contributed by atoms with E-state index in [4.69, 9.17) is 10.5 Å². The number of hydrogen-bond acceptors (Lipinski definition) is 2. The third-order valence-electron chi connectivity index (χ3n) is 3.98. The maximum absolute atomic E-state index is 6.38. The quantitative estimate of drug-likeness (QED) is 0.907. The van der Waals surface area contributed by atoms with E-state index in [0.717, 1.165) is 18.6 Å². The number of rotatable bonds is 5. The molecule has 2 rings (SSSR count). The smallest absolute Gasteiger partial charge is 0.122 e. The molecule has 0 heterocycles. The van der Waals surface area contributed by atoms with E-state index in [0.29, 0.717) is 0 Å². The Kier molecular flexibility index (Phi) is 5.03. The van der Waals surface area contributed by atoms with E-state index in [9.17, 15) is 0 Å². The van der Waals surface area contributed by atoms with Gasteiger partial charge in [-0.2, -0.15) is 0 Å². The Bertz CT molecular complexity index is 596. The van der Waals surface area contributed by atoms with Gasteiger partial charge in [0, 0.05) is 6.04 Å². The van der Waals surface area contributed by atoms with Crippen molar-refractivity contribution < 1.29 is 4.74 Å². The second-order valence-electron chi connectivity index (χ2n) is 5.86. The summed E-state index contributed by atoms with van der Waals surface area (Å²) in [5.41, 5.74) is 12.9. The molecule has 0 aliphatic carbocycles. The highest BCUT2D eigenvalue weighted by molar-refractivity contribution is 5.39. The van der Waals surface area contributed by atoms with Gasteiger partial charge in [0.25, 0.3) is 0 Å². The average Bonchev–Trinajstić information content (AvgIpc) is 2.43. The molecule has 2 nitrogen and oxygen atoms in total. The SMILES string of the molecule is COc1ccccc1CC(N)Cc1c(C)cc(C)cc1C. The van der Waals surface area contributed by atoms with Crippen LogP contribution in [0, 0.1) is 20.8 Å². The lowest BCUT2D eigenvalue weighted by atomic mass is 9.92. The highest BCUT2D eigenvalue weighted by Gasteiger charge is 2.12. The molecule has 0 radical (unpaired) electrons. The van der Waals surface area contributed by atoms with Crippen molar-refractivity contribution in [3.63, 3.8) is 0 Å². The number of hydrogen-bond donors (Lipinski definition) is 1. The standard InChI is InChI=1S/C19H25NO/c1-13-9-14(2)18(15(3)10-13)12-17(20)11-16-7-5-6-8-19(16)21-4/h5-10,17H,11-12,20H2,1-4H3. The molecular weight excluding hydrogens is 258 g/mol. The van der Waals surface area contributed by atoms with Crippen LogP contribution in [0.5, 0.6) is 5.75 Å². The van der Waals surface area contributed by atoms with Gasteiger partial charge in [-0.3, -0.25) is 0 Å². The van der Waals surface area contributed by atoms with Gasteiger partial charge in [0.1, 0.15) is 5.75 Å². The Balaban J connectivity index is 2.14. The number of benzene rings is 2. The van der Waals surface area contributed by atoms with Crippen LogP contribution in [0.15, 0.2) is 36.4 Å². The monoisotopic (exact) mass is 283 g/mol. The van der Waals surface area contributed by atoms with Crippen LogP contribution >= 0.6 is 0 Å². The van der Waals surface area contributed by atoms with E-state index in [2.05, 4.69) is 39.0 Å². The third-order valence-corrected chi connectivity index (χ3v) is 3.98. The minimum Gasteiger partial charge on any atom is -0.496 e. The minimum atomic E-state index is 0.0985. The summed E-state index contributed by atoms with van der Waals surface area (Å²) in [7, 11) is 1.71. The molecule has 0 spiro atoms. The highest BCUT2D eigenvalue weighted by Crippen LogP contribution is 2.22. The molecule has 0 saturated heterocycles. The van der Waals surface area contributed by atoms with Crippen molar-refractivity contribution >= 4 is 0 Å². The van der Waals surface area contributed by atoms with E-state index in [-0.39, 0.29) is 6.04 Å². The number of nitrogens with two attached hydrogens (primary N) is 1. The second kappa shape index (κ2) is 6.77. The van der Waals surface area contributed by atoms with Gasteiger partial charge in [0.05, 0.1) is 7.11 Å². The maximum atomic E-state index is 6.38. The van der Waals surface area contributed by atoms with Crippen LogP contribution in [0.1, 0.15) is 27.8 Å². The largest absolute Gasteiger partial charge is 0.496 e. The van der Waals surface area contributed by atoms with Gasteiger partial charge >= 0.3 is 0 Å². The van der Waals surface area contributed by atoms with Gasteiger partial charge in [-0.15, -0.1) is 0 Å². The molecule has 112 valence electrons. The molecule has 0 aromatic heterocycles. The zero-order chi connectivity index (χ0) is 15.4. The molecule has 0 amide bonds. The van der Waals surface area contributed by atoms with E-state index < -0.39 is 0 Å². The van der Waals surface area contributed by atoms with Crippen molar-refractivity contribution in [1.82, 2.24) is 0 Å². The normalized spacial score (nSPS) is 12.2.